The molecule has 0 radical (unpaired) electrons. The first-order chi connectivity index (χ1) is 14.0. The van der Waals surface area contributed by atoms with E-state index in [4.69, 9.17) is 4.74 Å². The third kappa shape index (κ3) is 3.98. The van der Waals surface area contributed by atoms with Crippen molar-refractivity contribution in [2.24, 2.45) is 0 Å². The van der Waals surface area contributed by atoms with Crippen LogP contribution in [0.5, 0.6) is 0 Å². The van der Waals surface area contributed by atoms with Gasteiger partial charge in [0.1, 0.15) is 4.83 Å². The van der Waals surface area contributed by atoms with Crippen molar-refractivity contribution in [1.29, 1.82) is 0 Å². The molecule has 0 saturated heterocycles. The Kier molecular flexibility index (Phi) is 5.27. The minimum atomic E-state index is -0.349. The Hall–Kier alpha value is -3.25. The molecule has 4 rings (SSSR count). The second-order valence-electron chi connectivity index (χ2n) is 7.02. The van der Waals surface area contributed by atoms with Crippen molar-refractivity contribution in [2.45, 2.75) is 26.5 Å². The molecule has 4 aromatic rings. The molecule has 0 bridgehead atoms. The second kappa shape index (κ2) is 8.01. The average molecular weight is 404 g/mol. The van der Waals surface area contributed by atoms with Gasteiger partial charge in [-0.1, -0.05) is 42.5 Å². The number of carbonyl (C=O) groups is 1. The van der Waals surface area contributed by atoms with Crippen LogP contribution in [0.2, 0.25) is 0 Å². The largest absolute Gasteiger partial charge is 0.459 e. The Morgan fingerprint density at radius 1 is 1.10 bits per heavy atom. The normalized spacial score (nSPS) is 11.1. The molecule has 29 heavy (non-hydrogen) atoms. The number of hydrogen-bond donors (Lipinski definition) is 0. The predicted molar refractivity (Wildman–Crippen MR) is 115 cm³/mol. The molecule has 5 nitrogen and oxygen atoms in total. The van der Waals surface area contributed by atoms with Gasteiger partial charge in [0.05, 0.1) is 29.9 Å². The van der Waals surface area contributed by atoms with Crippen molar-refractivity contribution < 1.29 is 9.53 Å². The molecule has 0 fully saturated rings. The molecule has 0 spiro atoms. The monoisotopic (exact) mass is 404 g/mol. The van der Waals surface area contributed by atoms with Crippen LogP contribution in [-0.2, 0) is 11.3 Å². The number of benzene rings is 2. The lowest BCUT2D eigenvalue weighted by Gasteiger charge is -2.09. The van der Waals surface area contributed by atoms with Gasteiger partial charge in [0.15, 0.2) is 0 Å². The van der Waals surface area contributed by atoms with Gasteiger partial charge in [-0.15, -0.1) is 11.3 Å². The van der Waals surface area contributed by atoms with E-state index in [9.17, 15) is 9.59 Å². The Balaban J connectivity index is 1.64. The van der Waals surface area contributed by atoms with Gasteiger partial charge in [-0.3, -0.25) is 9.36 Å². The zero-order valence-corrected chi connectivity index (χ0v) is 17.0. The topological polar surface area (TPSA) is 61.2 Å². The molecular formula is C23H20N2O3S. The smallest absolute Gasteiger partial charge is 0.338 e. The van der Waals surface area contributed by atoms with Crippen LogP contribution in [0.3, 0.4) is 0 Å². The number of fused-ring (bicyclic) bond motifs is 1. The van der Waals surface area contributed by atoms with Crippen LogP contribution in [0.4, 0.5) is 0 Å². The Morgan fingerprint density at radius 2 is 1.83 bits per heavy atom. The molecule has 6 heteroatoms. The van der Waals surface area contributed by atoms with E-state index in [1.165, 1.54) is 11.3 Å². The molecule has 0 unspecified atom stereocenters. The minimum absolute atomic E-state index is 0.0709. The highest BCUT2D eigenvalue weighted by atomic mass is 32.1. The number of nitrogens with zero attached hydrogens (tertiary/aromatic N) is 2. The van der Waals surface area contributed by atoms with Crippen LogP contribution >= 0.6 is 11.3 Å². The van der Waals surface area contributed by atoms with Gasteiger partial charge >= 0.3 is 5.97 Å². The van der Waals surface area contributed by atoms with Gasteiger partial charge in [-0.2, -0.15) is 0 Å². The molecule has 0 aliphatic rings. The minimum Gasteiger partial charge on any atom is -0.459 e. The fourth-order valence-electron chi connectivity index (χ4n) is 3.14. The van der Waals surface area contributed by atoms with Gasteiger partial charge < -0.3 is 4.74 Å². The van der Waals surface area contributed by atoms with E-state index >= 15 is 0 Å². The molecule has 0 atom stereocenters. The lowest BCUT2D eigenvalue weighted by Crippen LogP contribution is -2.21. The molecule has 0 amide bonds. The van der Waals surface area contributed by atoms with Gasteiger partial charge in [0, 0.05) is 10.9 Å². The summed E-state index contributed by atoms with van der Waals surface area (Å²) in [6.07, 6.45) is 1.42. The summed E-state index contributed by atoms with van der Waals surface area (Å²) < 4.78 is 6.81. The maximum Gasteiger partial charge on any atom is 0.338 e. The molecule has 2 aromatic carbocycles. The molecule has 0 aliphatic carbocycles. The van der Waals surface area contributed by atoms with E-state index in [0.717, 1.165) is 21.5 Å². The van der Waals surface area contributed by atoms with Crippen molar-refractivity contribution in [2.75, 3.05) is 0 Å². The molecule has 0 N–H and O–H groups in total. The molecule has 0 aliphatic heterocycles. The fraction of sp³-hybridized carbons (Fsp3) is 0.174. The summed E-state index contributed by atoms with van der Waals surface area (Å²) >= 11 is 1.47. The number of thiophene rings is 1. The summed E-state index contributed by atoms with van der Waals surface area (Å²) in [6, 6.07) is 17.0. The van der Waals surface area contributed by atoms with Crippen molar-refractivity contribution in [3.63, 3.8) is 0 Å². The third-order valence-electron chi connectivity index (χ3n) is 4.53. The number of rotatable bonds is 5. The second-order valence-corrected chi connectivity index (χ2v) is 7.88. The number of aromatic nitrogens is 2. The van der Waals surface area contributed by atoms with E-state index < -0.39 is 0 Å². The van der Waals surface area contributed by atoms with Gasteiger partial charge in [-0.05, 0) is 37.1 Å². The van der Waals surface area contributed by atoms with Crippen molar-refractivity contribution in [3.8, 4) is 11.1 Å². The van der Waals surface area contributed by atoms with Crippen molar-refractivity contribution in [3.05, 3.63) is 87.8 Å². The lowest BCUT2D eigenvalue weighted by atomic mass is 10.1. The zero-order valence-electron chi connectivity index (χ0n) is 16.2. The Labute approximate surface area is 172 Å². The highest BCUT2D eigenvalue weighted by Gasteiger charge is 2.14. The summed E-state index contributed by atoms with van der Waals surface area (Å²) in [4.78, 5) is 30.3. The summed E-state index contributed by atoms with van der Waals surface area (Å²) in [5.41, 5.74) is 3.24. The quantitative estimate of drug-likeness (QED) is 0.451. The number of hydrogen-bond acceptors (Lipinski definition) is 5. The molecule has 2 aromatic heterocycles. The zero-order chi connectivity index (χ0) is 20.4. The molecule has 0 saturated carbocycles. The summed E-state index contributed by atoms with van der Waals surface area (Å²) in [5.74, 6) is -0.349. The summed E-state index contributed by atoms with van der Waals surface area (Å²) in [7, 11) is 0. The highest BCUT2D eigenvalue weighted by Crippen LogP contribution is 2.30. The van der Waals surface area contributed by atoms with Crippen molar-refractivity contribution >= 4 is 27.5 Å². The first-order valence-corrected chi connectivity index (χ1v) is 10.2. The fourth-order valence-corrected chi connectivity index (χ4v) is 4.04. The summed E-state index contributed by atoms with van der Waals surface area (Å²) in [6.45, 7) is 4.01. The van der Waals surface area contributed by atoms with Crippen LogP contribution in [0.25, 0.3) is 21.3 Å². The van der Waals surface area contributed by atoms with Crippen LogP contribution in [0.1, 0.15) is 29.8 Å². The SMILES string of the molecule is CC(C)OC(=O)c1ccc(Cn2cnc3scc(-c4ccccc4)c3c2=O)cc1. The summed E-state index contributed by atoms with van der Waals surface area (Å²) in [5, 5.41) is 2.62. The Morgan fingerprint density at radius 3 is 2.52 bits per heavy atom. The van der Waals surface area contributed by atoms with E-state index in [1.54, 1.807) is 23.0 Å². The van der Waals surface area contributed by atoms with Crippen LogP contribution in [-0.4, -0.2) is 21.6 Å². The van der Waals surface area contributed by atoms with E-state index in [1.807, 2.05) is 61.7 Å². The molecule has 146 valence electrons. The van der Waals surface area contributed by atoms with Crippen LogP contribution in [0.15, 0.2) is 71.1 Å². The van der Waals surface area contributed by atoms with E-state index in [0.29, 0.717) is 17.5 Å². The average Bonchev–Trinajstić information content (AvgIpc) is 3.16. The highest BCUT2D eigenvalue weighted by molar-refractivity contribution is 7.17. The number of carbonyl (C=O) groups excluding carboxylic acids is 1. The van der Waals surface area contributed by atoms with Crippen molar-refractivity contribution in [1.82, 2.24) is 9.55 Å². The first-order valence-electron chi connectivity index (χ1n) is 9.35. The lowest BCUT2D eigenvalue weighted by molar-refractivity contribution is 0.0378. The van der Waals surface area contributed by atoms with E-state index in [-0.39, 0.29) is 17.6 Å². The van der Waals surface area contributed by atoms with Gasteiger partial charge in [0.25, 0.3) is 5.56 Å². The van der Waals surface area contributed by atoms with Gasteiger partial charge in [0.2, 0.25) is 0 Å². The number of ether oxygens (including phenoxy) is 1. The maximum absolute atomic E-state index is 13.1. The predicted octanol–water partition coefficient (Wildman–Crippen LogP) is 4.74. The molecular weight excluding hydrogens is 384 g/mol. The standard InChI is InChI=1S/C23H20N2O3S/c1-15(2)28-23(27)18-10-8-16(9-11-18)12-25-14-24-21-20(22(25)26)19(13-29-21)17-6-4-3-5-7-17/h3-11,13-15H,12H2,1-2H3. The third-order valence-corrected chi connectivity index (χ3v) is 5.42. The van der Waals surface area contributed by atoms with Crippen LogP contribution < -0.4 is 5.56 Å². The van der Waals surface area contributed by atoms with Crippen LogP contribution in [0, 0.1) is 0 Å². The number of esters is 1. The molecule has 2 heterocycles. The van der Waals surface area contributed by atoms with E-state index in [2.05, 4.69) is 4.98 Å². The van der Waals surface area contributed by atoms with Gasteiger partial charge in [-0.25, -0.2) is 9.78 Å². The maximum atomic E-state index is 13.1. The Bertz CT molecular complexity index is 1210. The first kappa shape index (κ1) is 19.1.